The molecule has 0 atom stereocenters. The molecule has 0 unspecified atom stereocenters. The molecule has 1 N–H and O–H groups in total. The van der Waals surface area contributed by atoms with Gasteiger partial charge < -0.3 is 0 Å². The summed E-state index contributed by atoms with van der Waals surface area (Å²) in [5, 5.41) is 4.10. The molecule has 1 heterocycles. The molecule has 0 bridgehead atoms. The predicted octanol–water partition coefficient (Wildman–Crippen LogP) is 4.96. The summed E-state index contributed by atoms with van der Waals surface area (Å²) in [7, 11) is -4.23. The van der Waals surface area contributed by atoms with Gasteiger partial charge in [0.15, 0.2) is 0 Å². The zero-order chi connectivity index (χ0) is 20.7. The molecule has 0 aliphatic carbocycles. The molecule has 0 amide bonds. The van der Waals surface area contributed by atoms with Crippen molar-refractivity contribution in [1.29, 1.82) is 0 Å². The van der Waals surface area contributed by atoms with Gasteiger partial charge in [0.25, 0.3) is 10.0 Å². The Balaban J connectivity index is 2.05. The Hall–Kier alpha value is -2.52. The highest BCUT2D eigenvalue weighted by Crippen LogP contribution is 2.35. The summed E-state index contributed by atoms with van der Waals surface area (Å²) in [6.07, 6.45) is -4.63. The van der Waals surface area contributed by atoms with E-state index >= 15 is 0 Å². The quantitative estimate of drug-likeness (QED) is 0.637. The Morgan fingerprint density at radius 2 is 1.71 bits per heavy atom. The van der Waals surface area contributed by atoms with Crippen LogP contribution in [0.1, 0.15) is 17.0 Å². The Bertz CT molecular complexity index is 1130. The van der Waals surface area contributed by atoms with Gasteiger partial charge in [-0.1, -0.05) is 29.8 Å². The predicted molar refractivity (Wildman–Crippen MR) is 100 cm³/mol. The van der Waals surface area contributed by atoms with Crippen molar-refractivity contribution in [3.63, 3.8) is 0 Å². The van der Waals surface area contributed by atoms with Crippen LogP contribution in [0.5, 0.6) is 0 Å². The van der Waals surface area contributed by atoms with Gasteiger partial charge in [-0.25, -0.2) is 13.1 Å². The molecule has 1 aromatic heterocycles. The lowest BCUT2D eigenvalue weighted by atomic mass is 10.2. The highest BCUT2D eigenvalue weighted by molar-refractivity contribution is 7.92. The molecule has 5 nitrogen and oxygen atoms in total. The minimum absolute atomic E-state index is 0.121. The van der Waals surface area contributed by atoms with Crippen LogP contribution in [0.4, 0.5) is 18.9 Å². The van der Waals surface area contributed by atoms with Crippen molar-refractivity contribution in [2.45, 2.75) is 24.9 Å². The lowest BCUT2D eigenvalue weighted by Gasteiger charge is -2.13. The maximum atomic E-state index is 12.9. The molecule has 0 fully saturated rings. The van der Waals surface area contributed by atoms with Crippen molar-refractivity contribution in [1.82, 2.24) is 9.78 Å². The summed E-state index contributed by atoms with van der Waals surface area (Å²) in [5.74, 6) is 0. The average Bonchev–Trinajstić information content (AvgIpc) is 2.91. The van der Waals surface area contributed by atoms with Crippen LogP contribution in [-0.2, 0) is 16.2 Å². The number of nitrogens with zero attached hydrogens (tertiary/aromatic N) is 2. The number of benzene rings is 2. The second kappa shape index (κ2) is 7.14. The van der Waals surface area contributed by atoms with E-state index in [1.54, 1.807) is 31.2 Å². The number of para-hydroxylation sites is 1. The van der Waals surface area contributed by atoms with Crippen LogP contribution in [0.2, 0.25) is 5.02 Å². The van der Waals surface area contributed by atoms with E-state index in [-0.39, 0.29) is 21.3 Å². The lowest BCUT2D eigenvalue weighted by Crippen LogP contribution is -2.16. The van der Waals surface area contributed by atoms with Crippen molar-refractivity contribution < 1.29 is 21.6 Å². The number of aryl methyl sites for hydroxylation is 1. The van der Waals surface area contributed by atoms with E-state index in [1.807, 2.05) is 6.07 Å². The lowest BCUT2D eigenvalue weighted by molar-refractivity contribution is -0.137. The molecule has 2 aromatic carbocycles. The fourth-order valence-corrected chi connectivity index (χ4v) is 4.50. The van der Waals surface area contributed by atoms with Crippen LogP contribution < -0.4 is 4.72 Å². The summed E-state index contributed by atoms with van der Waals surface area (Å²) in [6, 6.07) is 11.3. The van der Waals surface area contributed by atoms with Crippen LogP contribution in [0.3, 0.4) is 0 Å². The Morgan fingerprint density at radius 1 is 1.07 bits per heavy atom. The number of rotatable bonds is 4. The molecular weight excluding hydrogens is 415 g/mol. The van der Waals surface area contributed by atoms with Gasteiger partial charge in [0.1, 0.15) is 4.90 Å². The summed E-state index contributed by atoms with van der Waals surface area (Å²) < 4.78 is 68.2. The Labute approximate surface area is 164 Å². The molecule has 28 heavy (non-hydrogen) atoms. The number of anilines is 1. The van der Waals surface area contributed by atoms with Crippen molar-refractivity contribution in [3.05, 3.63) is 70.5 Å². The third kappa shape index (κ3) is 3.85. The van der Waals surface area contributed by atoms with Gasteiger partial charge in [0.05, 0.1) is 33.3 Å². The number of hydrogen-bond donors (Lipinski definition) is 1. The highest BCUT2D eigenvalue weighted by Gasteiger charge is 2.32. The molecule has 0 saturated carbocycles. The van der Waals surface area contributed by atoms with E-state index in [1.165, 1.54) is 11.6 Å². The molecule has 0 radical (unpaired) electrons. The first-order valence-electron chi connectivity index (χ1n) is 8.02. The standard InChI is InChI=1S/C18H15ClF3N3O2S/c1-11-17(12(2)25(23-11)14-6-4-3-5-7-14)28(26,27)24-16-10-13(18(20,21)22)8-9-15(16)19/h3-10,24H,1-2H3. The number of sulfonamides is 1. The largest absolute Gasteiger partial charge is 0.416 e. The van der Waals surface area contributed by atoms with Crippen molar-refractivity contribution in [2.24, 2.45) is 0 Å². The zero-order valence-electron chi connectivity index (χ0n) is 14.7. The summed E-state index contributed by atoms with van der Waals surface area (Å²) in [5.41, 5.74) is -0.191. The van der Waals surface area contributed by atoms with E-state index < -0.39 is 21.8 Å². The van der Waals surface area contributed by atoms with Gasteiger partial charge in [-0.05, 0) is 44.2 Å². The number of nitrogens with one attached hydrogen (secondary N) is 1. The summed E-state index contributed by atoms with van der Waals surface area (Å²) >= 11 is 5.91. The van der Waals surface area contributed by atoms with Crippen molar-refractivity contribution in [3.8, 4) is 5.69 Å². The molecule has 148 valence electrons. The molecule has 3 aromatic rings. The molecule has 10 heteroatoms. The molecule has 0 saturated heterocycles. The second-order valence-corrected chi connectivity index (χ2v) is 8.07. The monoisotopic (exact) mass is 429 g/mol. The summed E-state index contributed by atoms with van der Waals surface area (Å²) in [4.78, 5) is -0.121. The van der Waals surface area contributed by atoms with E-state index in [0.29, 0.717) is 17.4 Å². The fourth-order valence-electron chi connectivity index (χ4n) is 2.81. The van der Waals surface area contributed by atoms with Crippen molar-refractivity contribution in [2.75, 3.05) is 4.72 Å². The molecular formula is C18H15ClF3N3O2S. The van der Waals surface area contributed by atoms with Gasteiger partial charge in [0.2, 0.25) is 0 Å². The van der Waals surface area contributed by atoms with Crippen LogP contribution in [-0.4, -0.2) is 18.2 Å². The molecule has 0 aliphatic rings. The Kier molecular flexibility index (Phi) is 5.16. The van der Waals surface area contributed by atoms with Crippen molar-refractivity contribution >= 4 is 27.3 Å². The van der Waals surface area contributed by atoms with E-state index in [2.05, 4.69) is 9.82 Å². The number of alkyl halides is 3. The first-order chi connectivity index (χ1) is 13.0. The first kappa shape index (κ1) is 20.2. The number of halogens is 4. The normalized spacial score (nSPS) is 12.2. The topological polar surface area (TPSA) is 64.0 Å². The van der Waals surface area contributed by atoms with Gasteiger partial charge >= 0.3 is 6.18 Å². The average molecular weight is 430 g/mol. The fraction of sp³-hybridized carbons (Fsp3) is 0.167. The Morgan fingerprint density at radius 3 is 2.32 bits per heavy atom. The van der Waals surface area contributed by atoms with Gasteiger partial charge in [-0.15, -0.1) is 0 Å². The maximum Gasteiger partial charge on any atom is 0.416 e. The number of hydrogen-bond acceptors (Lipinski definition) is 3. The first-order valence-corrected chi connectivity index (χ1v) is 9.88. The third-order valence-corrected chi connectivity index (χ3v) is 5.98. The van der Waals surface area contributed by atoms with Gasteiger partial charge in [-0.2, -0.15) is 18.3 Å². The second-order valence-electron chi connectivity index (χ2n) is 6.05. The smallest absolute Gasteiger partial charge is 0.278 e. The van der Waals surface area contributed by atoms with E-state index in [4.69, 9.17) is 11.6 Å². The maximum absolute atomic E-state index is 12.9. The SMILES string of the molecule is Cc1nn(-c2ccccc2)c(C)c1S(=O)(=O)Nc1cc(C(F)(F)F)ccc1Cl. The van der Waals surface area contributed by atoms with Crippen LogP contribution >= 0.6 is 11.6 Å². The van der Waals surface area contributed by atoms with Gasteiger partial charge in [0, 0.05) is 0 Å². The van der Waals surface area contributed by atoms with E-state index in [9.17, 15) is 21.6 Å². The molecule has 3 rings (SSSR count). The highest BCUT2D eigenvalue weighted by atomic mass is 35.5. The van der Waals surface area contributed by atoms with Crippen LogP contribution in [0.15, 0.2) is 53.4 Å². The zero-order valence-corrected chi connectivity index (χ0v) is 16.3. The van der Waals surface area contributed by atoms with Gasteiger partial charge in [-0.3, -0.25) is 4.72 Å². The molecule has 0 aliphatic heterocycles. The van der Waals surface area contributed by atoms with E-state index in [0.717, 1.165) is 12.1 Å². The van der Waals surface area contributed by atoms with Crippen LogP contribution in [0, 0.1) is 13.8 Å². The van der Waals surface area contributed by atoms with Crippen LogP contribution in [0.25, 0.3) is 5.69 Å². The molecule has 0 spiro atoms. The minimum atomic E-state index is -4.63. The number of aromatic nitrogens is 2. The minimum Gasteiger partial charge on any atom is -0.278 e. The third-order valence-electron chi connectivity index (χ3n) is 4.03. The summed E-state index contributed by atoms with van der Waals surface area (Å²) in [6.45, 7) is 3.07.